The van der Waals surface area contributed by atoms with Gasteiger partial charge in [0.1, 0.15) is 11.5 Å². The number of hydrogen-bond donors (Lipinski definition) is 0. The first-order valence-corrected chi connectivity index (χ1v) is 6.81. The van der Waals surface area contributed by atoms with Crippen LogP contribution in [0.4, 0.5) is 5.69 Å². The van der Waals surface area contributed by atoms with Crippen LogP contribution in [0, 0.1) is 0 Å². The van der Waals surface area contributed by atoms with Gasteiger partial charge in [-0.25, -0.2) is 0 Å². The Kier molecular flexibility index (Phi) is 5.18. The van der Waals surface area contributed by atoms with Crippen LogP contribution < -0.4 is 9.47 Å². The molecule has 0 unspecified atom stereocenters. The lowest BCUT2D eigenvalue weighted by molar-refractivity contribution is 0.340. The molecule has 0 atom stereocenters. The summed E-state index contributed by atoms with van der Waals surface area (Å²) >= 11 is 0. The van der Waals surface area contributed by atoms with Crippen molar-refractivity contribution in [3.8, 4) is 11.5 Å². The van der Waals surface area contributed by atoms with Crippen LogP contribution in [0.15, 0.2) is 53.5 Å². The van der Waals surface area contributed by atoms with E-state index in [2.05, 4.69) is 4.99 Å². The van der Waals surface area contributed by atoms with E-state index in [0.717, 1.165) is 22.7 Å². The highest BCUT2D eigenvalue weighted by Gasteiger charge is 1.95. The van der Waals surface area contributed by atoms with E-state index in [-0.39, 0.29) is 0 Å². The molecule has 2 aromatic carbocycles. The summed E-state index contributed by atoms with van der Waals surface area (Å²) in [6.07, 6.45) is 1.83. The average Bonchev–Trinajstić information content (AvgIpc) is 2.48. The summed E-state index contributed by atoms with van der Waals surface area (Å²) in [5, 5.41) is 0. The van der Waals surface area contributed by atoms with Crippen molar-refractivity contribution in [2.75, 3.05) is 13.2 Å². The number of nitrogens with zero attached hydrogens (tertiary/aromatic N) is 1. The van der Waals surface area contributed by atoms with E-state index in [4.69, 9.17) is 9.47 Å². The molecule has 0 aliphatic heterocycles. The molecule has 0 aliphatic carbocycles. The van der Waals surface area contributed by atoms with Crippen LogP contribution in [0.25, 0.3) is 0 Å². The lowest BCUT2D eigenvalue weighted by Crippen LogP contribution is -1.92. The maximum absolute atomic E-state index is 5.46. The minimum Gasteiger partial charge on any atom is -0.494 e. The zero-order chi connectivity index (χ0) is 14.2. The number of benzene rings is 2. The maximum Gasteiger partial charge on any atom is 0.119 e. The van der Waals surface area contributed by atoms with Gasteiger partial charge in [-0.1, -0.05) is 12.1 Å². The number of rotatable bonds is 6. The normalized spacial score (nSPS) is 10.7. The zero-order valence-electron chi connectivity index (χ0n) is 11.9. The van der Waals surface area contributed by atoms with Crippen molar-refractivity contribution >= 4 is 11.9 Å². The molecule has 0 bridgehead atoms. The fourth-order valence-corrected chi connectivity index (χ4v) is 1.80. The van der Waals surface area contributed by atoms with E-state index in [1.807, 2.05) is 68.6 Å². The molecule has 3 nitrogen and oxygen atoms in total. The molecule has 20 heavy (non-hydrogen) atoms. The number of hydrogen-bond acceptors (Lipinski definition) is 3. The quantitative estimate of drug-likeness (QED) is 0.734. The van der Waals surface area contributed by atoms with Crippen molar-refractivity contribution in [1.82, 2.24) is 0 Å². The van der Waals surface area contributed by atoms with Crippen molar-refractivity contribution in [1.29, 1.82) is 0 Å². The highest BCUT2D eigenvalue weighted by Crippen LogP contribution is 2.18. The summed E-state index contributed by atoms with van der Waals surface area (Å²) in [4.78, 5) is 4.44. The Bertz CT molecular complexity index is 561. The van der Waals surface area contributed by atoms with Gasteiger partial charge < -0.3 is 9.47 Å². The molecule has 0 aromatic heterocycles. The van der Waals surface area contributed by atoms with Crippen LogP contribution in [0.5, 0.6) is 11.5 Å². The number of ether oxygens (including phenoxy) is 2. The Labute approximate surface area is 119 Å². The Hall–Kier alpha value is -2.29. The largest absolute Gasteiger partial charge is 0.494 e. The predicted octanol–water partition coefficient (Wildman–Crippen LogP) is 4.23. The lowest BCUT2D eigenvalue weighted by atomic mass is 10.2. The van der Waals surface area contributed by atoms with E-state index in [9.17, 15) is 0 Å². The van der Waals surface area contributed by atoms with E-state index < -0.39 is 0 Å². The molecule has 2 aromatic rings. The van der Waals surface area contributed by atoms with E-state index in [0.29, 0.717) is 13.2 Å². The molecule has 104 valence electrons. The van der Waals surface area contributed by atoms with Gasteiger partial charge in [-0.05, 0) is 55.8 Å². The van der Waals surface area contributed by atoms with Crippen molar-refractivity contribution in [3.63, 3.8) is 0 Å². The summed E-state index contributed by atoms with van der Waals surface area (Å²) in [6.45, 7) is 5.28. The Morgan fingerprint density at radius 1 is 0.900 bits per heavy atom. The van der Waals surface area contributed by atoms with Crippen LogP contribution in [0.2, 0.25) is 0 Å². The van der Waals surface area contributed by atoms with Gasteiger partial charge in [0.2, 0.25) is 0 Å². The van der Waals surface area contributed by atoms with Gasteiger partial charge in [0.15, 0.2) is 0 Å². The molecular weight excluding hydrogens is 250 g/mol. The summed E-state index contributed by atoms with van der Waals surface area (Å²) in [5.41, 5.74) is 1.92. The van der Waals surface area contributed by atoms with E-state index >= 15 is 0 Å². The molecule has 0 spiro atoms. The van der Waals surface area contributed by atoms with Crippen molar-refractivity contribution in [2.24, 2.45) is 4.99 Å². The fourth-order valence-electron chi connectivity index (χ4n) is 1.80. The second-order valence-corrected chi connectivity index (χ2v) is 4.19. The van der Waals surface area contributed by atoms with Gasteiger partial charge in [0.05, 0.1) is 18.9 Å². The van der Waals surface area contributed by atoms with Crippen LogP contribution in [-0.4, -0.2) is 19.4 Å². The molecule has 3 heteroatoms. The Balaban J connectivity index is 2.06. The van der Waals surface area contributed by atoms with Crippen LogP contribution >= 0.6 is 0 Å². The minimum atomic E-state index is 0.666. The molecular formula is C17H19NO2. The third-order valence-corrected chi connectivity index (χ3v) is 2.68. The lowest BCUT2D eigenvalue weighted by Gasteiger charge is -2.03. The van der Waals surface area contributed by atoms with E-state index in [1.165, 1.54) is 0 Å². The second-order valence-electron chi connectivity index (χ2n) is 4.19. The maximum atomic E-state index is 5.46. The molecule has 0 radical (unpaired) electrons. The highest BCUT2D eigenvalue weighted by molar-refractivity contribution is 5.82. The average molecular weight is 269 g/mol. The first-order valence-electron chi connectivity index (χ1n) is 6.81. The zero-order valence-corrected chi connectivity index (χ0v) is 11.9. The standard InChI is InChI=1S/C17H19NO2/c1-3-19-16-10-8-15(9-11-16)18-13-14-6-5-7-17(12-14)20-4-2/h5-13H,3-4H2,1-2H3. The van der Waals surface area contributed by atoms with Gasteiger partial charge >= 0.3 is 0 Å². The Morgan fingerprint density at radius 3 is 2.30 bits per heavy atom. The number of aliphatic imine (C=N–C) groups is 1. The van der Waals surface area contributed by atoms with Crippen LogP contribution in [0.3, 0.4) is 0 Å². The fraction of sp³-hybridized carbons (Fsp3) is 0.235. The molecule has 0 amide bonds. The molecule has 0 saturated heterocycles. The minimum absolute atomic E-state index is 0.666. The Morgan fingerprint density at radius 2 is 1.60 bits per heavy atom. The predicted molar refractivity (Wildman–Crippen MR) is 82.5 cm³/mol. The van der Waals surface area contributed by atoms with Gasteiger partial charge in [-0.3, -0.25) is 4.99 Å². The first kappa shape index (κ1) is 14.1. The summed E-state index contributed by atoms with van der Waals surface area (Å²) in [7, 11) is 0. The smallest absolute Gasteiger partial charge is 0.119 e. The van der Waals surface area contributed by atoms with Gasteiger partial charge in [-0.2, -0.15) is 0 Å². The summed E-state index contributed by atoms with van der Waals surface area (Å²) in [6, 6.07) is 15.6. The summed E-state index contributed by atoms with van der Waals surface area (Å²) in [5.74, 6) is 1.73. The van der Waals surface area contributed by atoms with Gasteiger partial charge in [0.25, 0.3) is 0 Å². The van der Waals surface area contributed by atoms with Crippen LogP contribution in [-0.2, 0) is 0 Å². The molecule has 0 N–H and O–H groups in total. The van der Waals surface area contributed by atoms with Crippen molar-refractivity contribution in [2.45, 2.75) is 13.8 Å². The molecule has 0 saturated carbocycles. The van der Waals surface area contributed by atoms with Crippen LogP contribution in [0.1, 0.15) is 19.4 Å². The topological polar surface area (TPSA) is 30.8 Å². The van der Waals surface area contributed by atoms with E-state index in [1.54, 1.807) is 0 Å². The van der Waals surface area contributed by atoms with Crippen molar-refractivity contribution in [3.05, 3.63) is 54.1 Å². The molecule has 0 aliphatic rings. The third-order valence-electron chi connectivity index (χ3n) is 2.68. The highest BCUT2D eigenvalue weighted by atomic mass is 16.5. The summed E-state index contributed by atoms with van der Waals surface area (Å²) < 4.78 is 10.9. The molecule has 2 rings (SSSR count). The molecule has 0 fully saturated rings. The molecule has 0 heterocycles. The second kappa shape index (κ2) is 7.34. The first-order chi connectivity index (χ1) is 9.81. The third kappa shape index (κ3) is 4.12. The van der Waals surface area contributed by atoms with Crippen molar-refractivity contribution < 1.29 is 9.47 Å². The van der Waals surface area contributed by atoms with Gasteiger partial charge in [-0.15, -0.1) is 0 Å². The van der Waals surface area contributed by atoms with Gasteiger partial charge in [0, 0.05) is 6.21 Å². The SMILES string of the molecule is CCOc1ccc(N=Cc2cccc(OCC)c2)cc1. The monoisotopic (exact) mass is 269 g/mol.